The van der Waals surface area contributed by atoms with Gasteiger partial charge in [-0.15, -0.1) is 0 Å². The molecule has 0 radical (unpaired) electrons. The minimum atomic E-state index is -5.22. The number of rotatable bonds is 4. The van der Waals surface area contributed by atoms with Gasteiger partial charge in [0, 0.05) is 7.11 Å². The molecule has 0 aromatic carbocycles. The summed E-state index contributed by atoms with van der Waals surface area (Å²) in [5.41, 5.74) is 0. The van der Waals surface area contributed by atoms with E-state index in [9.17, 15) is 22.4 Å². The van der Waals surface area contributed by atoms with Crippen molar-refractivity contribution >= 4 is 5.97 Å². The molecule has 0 heterocycles. The highest BCUT2D eigenvalue weighted by Gasteiger charge is 2.47. The third-order valence-corrected chi connectivity index (χ3v) is 1.21. The average Bonchev–Trinajstić information content (AvgIpc) is 2.01. The van der Waals surface area contributed by atoms with Crippen molar-refractivity contribution in [2.75, 3.05) is 13.7 Å². The summed E-state index contributed by atoms with van der Waals surface area (Å²) in [5.74, 6) is -1.94. The molecule has 3 nitrogen and oxygen atoms in total. The number of alkyl halides is 4. The topological polar surface area (TPSA) is 35.5 Å². The fraction of sp³-hybridized carbons (Fsp3) is 0.857. The van der Waals surface area contributed by atoms with Crippen molar-refractivity contribution in [1.29, 1.82) is 0 Å². The summed E-state index contributed by atoms with van der Waals surface area (Å²) in [6.07, 6.45) is -9.72. The van der Waals surface area contributed by atoms with Gasteiger partial charge in [0.05, 0.1) is 6.61 Å². The van der Waals surface area contributed by atoms with E-state index in [2.05, 4.69) is 9.47 Å². The first-order chi connectivity index (χ1) is 6.29. The Morgan fingerprint density at radius 2 is 1.93 bits per heavy atom. The number of carbonyl (C=O) groups is 1. The summed E-state index contributed by atoms with van der Waals surface area (Å²) < 4.78 is 55.8. The molecular weight excluding hydrogens is 208 g/mol. The maximum absolute atomic E-state index is 12.3. The summed E-state index contributed by atoms with van der Waals surface area (Å²) in [4.78, 5) is 10.5. The standard InChI is InChI=1S/C7H10F4O3/c1-4(3-13-2)14-6(12)5(8)7(9,10)11/h4-5H,3H2,1-2H3. The molecule has 0 amide bonds. The first kappa shape index (κ1) is 13.2. The molecule has 7 heteroatoms. The summed E-state index contributed by atoms with van der Waals surface area (Å²) in [7, 11) is 1.28. The predicted octanol–water partition coefficient (Wildman–Crippen LogP) is 1.46. The SMILES string of the molecule is COCC(C)OC(=O)C(F)C(F)(F)F. The molecule has 0 saturated carbocycles. The van der Waals surface area contributed by atoms with Crippen LogP contribution in [0.1, 0.15) is 6.92 Å². The van der Waals surface area contributed by atoms with Crippen LogP contribution in [0, 0.1) is 0 Å². The zero-order chi connectivity index (χ0) is 11.4. The second kappa shape index (κ2) is 5.14. The van der Waals surface area contributed by atoms with Crippen LogP contribution in [0.2, 0.25) is 0 Å². The summed E-state index contributed by atoms with van der Waals surface area (Å²) in [6.45, 7) is 1.21. The lowest BCUT2D eigenvalue weighted by atomic mass is 10.3. The van der Waals surface area contributed by atoms with Gasteiger partial charge in [0.25, 0.3) is 6.17 Å². The van der Waals surface area contributed by atoms with E-state index in [1.807, 2.05) is 0 Å². The Kier molecular flexibility index (Phi) is 4.82. The van der Waals surface area contributed by atoms with Crippen molar-refractivity contribution in [3.05, 3.63) is 0 Å². The van der Waals surface area contributed by atoms with Crippen molar-refractivity contribution in [3.63, 3.8) is 0 Å². The van der Waals surface area contributed by atoms with Gasteiger partial charge in [-0.2, -0.15) is 13.2 Å². The lowest BCUT2D eigenvalue weighted by molar-refractivity contribution is -0.204. The molecule has 0 saturated heterocycles. The third kappa shape index (κ3) is 4.40. The zero-order valence-electron chi connectivity index (χ0n) is 7.60. The number of halogens is 4. The number of methoxy groups -OCH3 is 1. The molecule has 0 bridgehead atoms. The van der Waals surface area contributed by atoms with Crippen molar-refractivity contribution in [3.8, 4) is 0 Å². The van der Waals surface area contributed by atoms with Gasteiger partial charge in [0.15, 0.2) is 0 Å². The molecule has 2 atom stereocenters. The smallest absolute Gasteiger partial charge is 0.430 e. The Balaban J connectivity index is 4.08. The van der Waals surface area contributed by atoms with Crippen molar-refractivity contribution in [1.82, 2.24) is 0 Å². The number of esters is 1. The van der Waals surface area contributed by atoms with Crippen LogP contribution in [-0.4, -0.2) is 38.1 Å². The Morgan fingerprint density at radius 1 is 1.43 bits per heavy atom. The summed E-state index contributed by atoms with van der Waals surface area (Å²) in [5, 5.41) is 0. The van der Waals surface area contributed by atoms with Crippen molar-refractivity contribution < 1.29 is 31.8 Å². The second-order valence-electron chi connectivity index (χ2n) is 2.61. The lowest BCUT2D eigenvalue weighted by Gasteiger charge is -2.15. The van der Waals surface area contributed by atoms with E-state index in [4.69, 9.17) is 0 Å². The minimum absolute atomic E-state index is 0.0870. The first-order valence-corrected chi connectivity index (χ1v) is 3.69. The fourth-order valence-corrected chi connectivity index (χ4v) is 0.660. The molecule has 0 aromatic heterocycles. The number of carbonyl (C=O) groups excluding carboxylic acids is 1. The van der Waals surface area contributed by atoms with Crippen LogP contribution in [0.4, 0.5) is 17.6 Å². The van der Waals surface area contributed by atoms with Crippen LogP contribution in [-0.2, 0) is 14.3 Å². The fourth-order valence-electron chi connectivity index (χ4n) is 0.660. The summed E-state index contributed by atoms with van der Waals surface area (Å²) in [6, 6.07) is 0. The maximum Gasteiger partial charge on any atom is 0.430 e. The van der Waals surface area contributed by atoms with Gasteiger partial charge in [-0.3, -0.25) is 0 Å². The highest BCUT2D eigenvalue weighted by Crippen LogP contribution is 2.24. The van der Waals surface area contributed by atoms with Gasteiger partial charge in [-0.1, -0.05) is 0 Å². The highest BCUT2D eigenvalue weighted by molar-refractivity contribution is 5.75. The molecule has 0 aliphatic carbocycles. The van der Waals surface area contributed by atoms with Crippen LogP contribution in [0.15, 0.2) is 0 Å². The summed E-state index contributed by atoms with van der Waals surface area (Å²) >= 11 is 0. The van der Waals surface area contributed by atoms with Crippen molar-refractivity contribution in [2.24, 2.45) is 0 Å². The van der Waals surface area contributed by atoms with Gasteiger partial charge in [0.2, 0.25) is 0 Å². The van der Waals surface area contributed by atoms with Crippen LogP contribution >= 0.6 is 0 Å². The van der Waals surface area contributed by atoms with Crippen molar-refractivity contribution in [2.45, 2.75) is 25.4 Å². The van der Waals surface area contributed by atoms with Crippen LogP contribution in [0.25, 0.3) is 0 Å². The monoisotopic (exact) mass is 218 g/mol. The molecule has 0 rings (SSSR count). The number of hydrogen-bond acceptors (Lipinski definition) is 3. The van der Waals surface area contributed by atoms with Crippen LogP contribution in [0.3, 0.4) is 0 Å². The molecule has 0 aromatic rings. The van der Waals surface area contributed by atoms with E-state index in [-0.39, 0.29) is 6.61 Å². The molecule has 0 spiro atoms. The Labute approximate surface area is 78.0 Å². The Hall–Kier alpha value is -0.850. The highest BCUT2D eigenvalue weighted by atomic mass is 19.4. The molecule has 14 heavy (non-hydrogen) atoms. The normalized spacial score (nSPS) is 16.1. The molecule has 0 aliphatic rings. The molecule has 84 valence electrons. The average molecular weight is 218 g/mol. The van der Waals surface area contributed by atoms with Gasteiger partial charge in [-0.05, 0) is 6.92 Å². The molecular formula is C7H10F4O3. The van der Waals surface area contributed by atoms with Gasteiger partial charge < -0.3 is 9.47 Å². The molecule has 0 fully saturated rings. The Morgan fingerprint density at radius 3 is 2.29 bits per heavy atom. The van der Waals surface area contributed by atoms with Gasteiger partial charge in [0.1, 0.15) is 6.10 Å². The largest absolute Gasteiger partial charge is 0.458 e. The first-order valence-electron chi connectivity index (χ1n) is 3.69. The Bertz CT molecular complexity index is 192. The molecule has 0 N–H and O–H groups in total. The van der Waals surface area contributed by atoms with E-state index in [0.29, 0.717) is 0 Å². The predicted molar refractivity (Wildman–Crippen MR) is 38.4 cm³/mol. The molecule has 2 unspecified atom stereocenters. The lowest BCUT2D eigenvalue weighted by Crippen LogP contribution is -2.36. The zero-order valence-corrected chi connectivity index (χ0v) is 7.60. The van der Waals surface area contributed by atoms with E-state index in [1.54, 1.807) is 0 Å². The van der Waals surface area contributed by atoms with Crippen LogP contribution < -0.4 is 0 Å². The molecule has 0 aliphatic heterocycles. The van der Waals surface area contributed by atoms with E-state index in [0.717, 1.165) is 0 Å². The quantitative estimate of drug-likeness (QED) is 0.529. The van der Waals surface area contributed by atoms with E-state index in [1.165, 1.54) is 14.0 Å². The van der Waals surface area contributed by atoms with E-state index < -0.39 is 24.4 Å². The van der Waals surface area contributed by atoms with E-state index >= 15 is 0 Å². The number of ether oxygens (including phenoxy) is 2. The van der Waals surface area contributed by atoms with Gasteiger partial charge in [-0.25, -0.2) is 9.18 Å². The number of hydrogen-bond donors (Lipinski definition) is 0. The van der Waals surface area contributed by atoms with Gasteiger partial charge >= 0.3 is 12.1 Å². The second-order valence-corrected chi connectivity index (χ2v) is 2.61. The maximum atomic E-state index is 12.3. The van der Waals surface area contributed by atoms with Crippen LogP contribution in [0.5, 0.6) is 0 Å². The minimum Gasteiger partial charge on any atom is -0.458 e. The third-order valence-electron chi connectivity index (χ3n) is 1.21.